The molecule has 2 atom stereocenters. The predicted molar refractivity (Wildman–Crippen MR) is 53.4 cm³/mol. The highest BCUT2D eigenvalue weighted by atomic mass is 16.3. The molecule has 0 bridgehead atoms. The minimum absolute atomic E-state index is 0.160. The molecule has 0 amide bonds. The predicted octanol–water partition coefficient (Wildman–Crippen LogP) is 1.05. The van der Waals surface area contributed by atoms with E-state index in [2.05, 4.69) is 0 Å². The number of aromatic hydroxyl groups is 1. The van der Waals surface area contributed by atoms with Crippen molar-refractivity contribution in [3.8, 4) is 5.75 Å². The van der Waals surface area contributed by atoms with Gasteiger partial charge in [-0.25, -0.2) is 0 Å². The average Bonchev–Trinajstić information content (AvgIpc) is 2.08. The summed E-state index contributed by atoms with van der Waals surface area (Å²) >= 11 is 0. The number of para-hydroxylation sites is 1. The van der Waals surface area contributed by atoms with E-state index in [1.165, 1.54) is 0 Å². The topological polar surface area (TPSA) is 72.3 Å². The molecule has 0 radical (unpaired) electrons. The van der Waals surface area contributed by atoms with Gasteiger partial charge >= 0.3 is 0 Å². The van der Waals surface area contributed by atoms with Crippen LogP contribution in [0.5, 0.6) is 5.75 Å². The van der Waals surface area contributed by atoms with E-state index in [9.17, 15) is 5.11 Å². The van der Waals surface area contributed by atoms with Gasteiger partial charge in [0.05, 0.1) is 0 Å². The minimum atomic E-state index is -0.306. The fourth-order valence-electron chi connectivity index (χ4n) is 1.23. The maximum Gasteiger partial charge on any atom is 0.123 e. The van der Waals surface area contributed by atoms with Crippen LogP contribution >= 0.6 is 0 Å². The molecule has 1 aromatic carbocycles. The van der Waals surface area contributed by atoms with E-state index in [4.69, 9.17) is 11.5 Å². The molecule has 0 fully saturated rings. The van der Waals surface area contributed by atoms with E-state index >= 15 is 0 Å². The average molecular weight is 180 g/mol. The highest BCUT2D eigenvalue weighted by molar-refractivity contribution is 5.41. The summed E-state index contributed by atoms with van der Waals surface area (Å²) in [6, 6.07) is 5.04. The first kappa shape index (κ1) is 10.0. The Morgan fingerprint density at radius 2 is 1.92 bits per heavy atom. The van der Waals surface area contributed by atoms with Gasteiger partial charge in [0.25, 0.3) is 0 Å². The first-order valence-electron chi connectivity index (χ1n) is 4.33. The lowest BCUT2D eigenvalue weighted by molar-refractivity contribution is 0.450. The second-order valence-corrected chi connectivity index (χ2v) is 3.40. The maximum absolute atomic E-state index is 9.68. The lowest BCUT2D eigenvalue weighted by Gasteiger charge is -2.17. The van der Waals surface area contributed by atoms with Crippen LogP contribution in [0.3, 0.4) is 0 Å². The molecule has 0 spiro atoms. The van der Waals surface area contributed by atoms with Crippen LogP contribution < -0.4 is 11.5 Å². The fourth-order valence-corrected chi connectivity index (χ4v) is 1.23. The number of aryl methyl sites for hydroxylation is 1. The van der Waals surface area contributed by atoms with E-state index < -0.39 is 0 Å². The van der Waals surface area contributed by atoms with Crippen molar-refractivity contribution < 1.29 is 5.11 Å². The van der Waals surface area contributed by atoms with Gasteiger partial charge in [-0.05, 0) is 19.4 Å². The first-order valence-corrected chi connectivity index (χ1v) is 4.33. The van der Waals surface area contributed by atoms with Crippen molar-refractivity contribution in [1.29, 1.82) is 0 Å². The number of benzene rings is 1. The molecular formula is C10H16N2O. The van der Waals surface area contributed by atoms with E-state index in [0.29, 0.717) is 0 Å². The number of nitrogens with two attached hydrogens (primary N) is 2. The van der Waals surface area contributed by atoms with Gasteiger partial charge in [0.1, 0.15) is 5.75 Å². The minimum Gasteiger partial charge on any atom is -0.507 e. The number of rotatable bonds is 2. The summed E-state index contributed by atoms with van der Waals surface area (Å²) in [5.41, 5.74) is 13.0. The van der Waals surface area contributed by atoms with Crippen LogP contribution in [0.25, 0.3) is 0 Å². The standard InChI is InChI=1S/C10H16N2O/c1-6-4-3-5-8(10(6)13)9(12)7(2)11/h3-5,7,9,13H,11-12H2,1-2H3/t7-,9+/m0/s1. The van der Waals surface area contributed by atoms with Crippen LogP contribution in [-0.2, 0) is 0 Å². The second kappa shape index (κ2) is 3.77. The Morgan fingerprint density at radius 1 is 1.31 bits per heavy atom. The van der Waals surface area contributed by atoms with Crippen molar-refractivity contribution in [2.24, 2.45) is 11.5 Å². The van der Waals surface area contributed by atoms with E-state index in [0.717, 1.165) is 11.1 Å². The van der Waals surface area contributed by atoms with E-state index in [1.807, 2.05) is 26.0 Å². The molecule has 3 heteroatoms. The largest absolute Gasteiger partial charge is 0.507 e. The van der Waals surface area contributed by atoms with Gasteiger partial charge in [0, 0.05) is 17.6 Å². The van der Waals surface area contributed by atoms with Crippen LogP contribution in [0, 0.1) is 6.92 Å². The van der Waals surface area contributed by atoms with Crippen LogP contribution in [0.15, 0.2) is 18.2 Å². The molecule has 1 aromatic rings. The Labute approximate surface area is 78.4 Å². The molecule has 13 heavy (non-hydrogen) atoms. The van der Waals surface area contributed by atoms with Crippen molar-refractivity contribution in [3.05, 3.63) is 29.3 Å². The molecule has 0 saturated carbocycles. The molecule has 0 saturated heterocycles. The summed E-state index contributed by atoms with van der Waals surface area (Å²) in [4.78, 5) is 0. The van der Waals surface area contributed by atoms with E-state index in [-0.39, 0.29) is 17.8 Å². The summed E-state index contributed by atoms with van der Waals surface area (Å²) in [6.07, 6.45) is 0. The summed E-state index contributed by atoms with van der Waals surface area (Å²) in [6.45, 7) is 3.67. The van der Waals surface area contributed by atoms with Gasteiger partial charge < -0.3 is 16.6 Å². The quantitative estimate of drug-likeness (QED) is 0.637. The molecule has 1 rings (SSSR count). The Balaban J connectivity index is 3.07. The van der Waals surface area contributed by atoms with Crippen LogP contribution in [0.1, 0.15) is 24.1 Å². The third-order valence-electron chi connectivity index (χ3n) is 2.19. The Hall–Kier alpha value is -1.06. The molecule has 0 unspecified atom stereocenters. The zero-order chi connectivity index (χ0) is 10.0. The highest BCUT2D eigenvalue weighted by Crippen LogP contribution is 2.27. The maximum atomic E-state index is 9.68. The lowest BCUT2D eigenvalue weighted by atomic mass is 9.99. The summed E-state index contributed by atoms with van der Waals surface area (Å²) in [5, 5.41) is 9.68. The summed E-state index contributed by atoms with van der Waals surface area (Å²) < 4.78 is 0. The second-order valence-electron chi connectivity index (χ2n) is 3.40. The smallest absolute Gasteiger partial charge is 0.123 e. The third-order valence-corrected chi connectivity index (χ3v) is 2.19. The molecule has 0 aliphatic rings. The first-order chi connectivity index (χ1) is 6.04. The Morgan fingerprint density at radius 3 is 2.46 bits per heavy atom. The summed E-state index contributed by atoms with van der Waals surface area (Å²) in [5.74, 6) is 0.257. The fraction of sp³-hybridized carbons (Fsp3) is 0.400. The number of hydrogen-bond acceptors (Lipinski definition) is 3. The van der Waals surface area contributed by atoms with Gasteiger partial charge in [0.15, 0.2) is 0 Å². The van der Waals surface area contributed by atoms with Crippen LogP contribution in [0.2, 0.25) is 0 Å². The Bertz CT molecular complexity index is 297. The van der Waals surface area contributed by atoms with Crippen molar-refractivity contribution in [2.75, 3.05) is 0 Å². The molecule has 3 nitrogen and oxygen atoms in total. The zero-order valence-electron chi connectivity index (χ0n) is 7.99. The van der Waals surface area contributed by atoms with Crippen molar-refractivity contribution in [2.45, 2.75) is 25.9 Å². The molecule has 72 valence electrons. The number of phenolic OH excluding ortho intramolecular Hbond substituents is 1. The van der Waals surface area contributed by atoms with Crippen molar-refractivity contribution in [3.63, 3.8) is 0 Å². The molecular weight excluding hydrogens is 164 g/mol. The van der Waals surface area contributed by atoms with Gasteiger partial charge in [0.2, 0.25) is 0 Å². The van der Waals surface area contributed by atoms with Gasteiger partial charge in [-0.15, -0.1) is 0 Å². The van der Waals surface area contributed by atoms with Gasteiger partial charge in [-0.3, -0.25) is 0 Å². The lowest BCUT2D eigenvalue weighted by Crippen LogP contribution is -2.31. The molecule has 0 aromatic heterocycles. The van der Waals surface area contributed by atoms with Crippen molar-refractivity contribution in [1.82, 2.24) is 0 Å². The monoisotopic (exact) mass is 180 g/mol. The molecule has 0 aliphatic heterocycles. The highest BCUT2D eigenvalue weighted by Gasteiger charge is 2.15. The number of hydrogen-bond donors (Lipinski definition) is 3. The van der Waals surface area contributed by atoms with Crippen LogP contribution in [0.4, 0.5) is 0 Å². The third kappa shape index (κ3) is 1.99. The summed E-state index contributed by atoms with van der Waals surface area (Å²) in [7, 11) is 0. The number of phenols is 1. The normalized spacial score (nSPS) is 15.4. The van der Waals surface area contributed by atoms with Gasteiger partial charge in [-0.2, -0.15) is 0 Å². The zero-order valence-corrected chi connectivity index (χ0v) is 7.99. The van der Waals surface area contributed by atoms with Gasteiger partial charge in [-0.1, -0.05) is 18.2 Å². The van der Waals surface area contributed by atoms with Crippen molar-refractivity contribution >= 4 is 0 Å². The Kier molecular flexibility index (Phi) is 2.90. The molecule has 0 aliphatic carbocycles. The molecule has 0 heterocycles. The van der Waals surface area contributed by atoms with E-state index in [1.54, 1.807) is 6.07 Å². The van der Waals surface area contributed by atoms with Crippen LogP contribution in [-0.4, -0.2) is 11.1 Å². The SMILES string of the molecule is Cc1cccc([C@H](N)[C@H](C)N)c1O. The molecule has 5 N–H and O–H groups in total.